The van der Waals surface area contributed by atoms with Gasteiger partial charge in [0.1, 0.15) is 5.82 Å². The molecule has 2 aromatic rings. The zero-order valence-electron chi connectivity index (χ0n) is 12.0. The van der Waals surface area contributed by atoms with Crippen molar-refractivity contribution in [2.75, 3.05) is 6.54 Å². The van der Waals surface area contributed by atoms with E-state index in [1.807, 2.05) is 6.20 Å². The molecule has 5 heteroatoms. The molecule has 0 fully saturated rings. The van der Waals surface area contributed by atoms with E-state index in [-0.39, 0.29) is 5.91 Å². The molecule has 5 nitrogen and oxygen atoms in total. The Morgan fingerprint density at radius 2 is 2.10 bits per heavy atom. The number of nitrogens with zero attached hydrogens (tertiary/aromatic N) is 3. The lowest BCUT2D eigenvalue weighted by Crippen LogP contribution is -2.26. The van der Waals surface area contributed by atoms with Crippen LogP contribution >= 0.6 is 0 Å². The van der Waals surface area contributed by atoms with Crippen molar-refractivity contribution in [3.05, 3.63) is 47.8 Å². The standard InChI is InChI=1S/C15H20N4O/c1-3-10-19-12(2)11-18-14(19)6-9-17-15(20)13-4-7-16-8-5-13/h4-5,7-8,11H,3,6,9-10H2,1-2H3,(H,17,20). The molecule has 0 atom stereocenters. The lowest BCUT2D eigenvalue weighted by Gasteiger charge is -2.09. The van der Waals surface area contributed by atoms with E-state index >= 15 is 0 Å². The van der Waals surface area contributed by atoms with E-state index in [1.54, 1.807) is 24.5 Å². The third-order valence-electron chi connectivity index (χ3n) is 3.16. The Labute approximate surface area is 119 Å². The summed E-state index contributed by atoms with van der Waals surface area (Å²) in [4.78, 5) is 20.2. The van der Waals surface area contributed by atoms with Gasteiger partial charge in [-0.1, -0.05) is 6.92 Å². The topological polar surface area (TPSA) is 59.8 Å². The first-order valence-corrected chi connectivity index (χ1v) is 6.91. The van der Waals surface area contributed by atoms with Crippen molar-refractivity contribution < 1.29 is 4.79 Å². The van der Waals surface area contributed by atoms with Gasteiger partial charge in [-0.25, -0.2) is 4.98 Å². The first kappa shape index (κ1) is 14.2. The summed E-state index contributed by atoms with van der Waals surface area (Å²) in [7, 11) is 0. The van der Waals surface area contributed by atoms with Crippen molar-refractivity contribution in [2.24, 2.45) is 0 Å². The number of rotatable bonds is 6. The fraction of sp³-hybridized carbons (Fsp3) is 0.400. The van der Waals surface area contributed by atoms with E-state index < -0.39 is 0 Å². The lowest BCUT2D eigenvalue weighted by atomic mass is 10.2. The van der Waals surface area contributed by atoms with Crippen molar-refractivity contribution in [3.63, 3.8) is 0 Å². The molecule has 1 N–H and O–H groups in total. The molecule has 0 saturated heterocycles. The number of carbonyl (C=O) groups excluding carboxylic acids is 1. The van der Waals surface area contributed by atoms with E-state index in [2.05, 4.69) is 33.7 Å². The number of imidazole rings is 1. The molecule has 2 aromatic heterocycles. The van der Waals surface area contributed by atoms with Gasteiger partial charge in [0.15, 0.2) is 0 Å². The summed E-state index contributed by atoms with van der Waals surface area (Å²) in [6, 6.07) is 3.41. The minimum atomic E-state index is -0.0716. The third-order valence-corrected chi connectivity index (χ3v) is 3.16. The van der Waals surface area contributed by atoms with Crippen LogP contribution in [0.25, 0.3) is 0 Å². The second-order valence-corrected chi connectivity index (χ2v) is 4.71. The molecule has 1 amide bonds. The SMILES string of the molecule is CCCn1c(C)cnc1CCNC(=O)c1ccncc1. The molecule has 0 saturated carbocycles. The van der Waals surface area contributed by atoms with Crippen LogP contribution in [0, 0.1) is 6.92 Å². The Hall–Kier alpha value is -2.17. The van der Waals surface area contributed by atoms with Crippen LogP contribution in [0.1, 0.15) is 35.2 Å². The molecule has 0 bridgehead atoms. The molecular formula is C15H20N4O. The molecule has 0 spiro atoms. The molecule has 0 aliphatic heterocycles. The van der Waals surface area contributed by atoms with Crippen LogP contribution in [0.4, 0.5) is 0 Å². The van der Waals surface area contributed by atoms with Gasteiger partial charge in [0.2, 0.25) is 0 Å². The maximum absolute atomic E-state index is 11.9. The molecule has 0 aromatic carbocycles. The van der Waals surface area contributed by atoms with Crippen molar-refractivity contribution in [2.45, 2.75) is 33.2 Å². The summed E-state index contributed by atoms with van der Waals surface area (Å²) in [5.41, 5.74) is 1.80. The third kappa shape index (κ3) is 3.44. The van der Waals surface area contributed by atoms with Gasteiger partial charge in [-0.2, -0.15) is 0 Å². The average Bonchev–Trinajstić information content (AvgIpc) is 2.82. The minimum Gasteiger partial charge on any atom is -0.352 e. The van der Waals surface area contributed by atoms with Gasteiger partial charge in [0.25, 0.3) is 5.91 Å². The normalized spacial score (nSPS) is 10.5. The minimum absolute atomic E-state index is 0.0716. The van der Waals surface area contributed by atoms with Gasteiger partial charge in [0.05, 0.1) is 0 Å². The highest BCUT2D eigenvalue weighted by molar-refractivity contribution is 5.93. The number of hydrogen-bond acceptors (Lipinski definition) is 3. The summed E-state index contributed by atoms with van der Waals surface area (Å²) in [6.45, 7) is 5.76. The second-order valence-electron chi connectivity index (χ2n) is 4.71. The Bertz CT molecular complexity index is 563. The highest BCUT2D eigenvalue weighted by Crippen LogP contribution is 2.06. The summed E-state index contributed by atoms with van der Waals surface area (Å²) >= 11 is 0. The summed E-state index contributed by atoms with van der Waals surface area (Å²) < 4.78 is 2.21. The quantitative estimate of drug-likeness (QED) is 0.874. The maximum atomic E-state index is 11.9. The predicted octanol–water partition coefficient (Wildman–Crippen LogP) is 1.97. The molecule has 0 aliphatic rings. The fourth-order valence-electron chi connectivity index (χ4n) is 2.13. The average molecular weight is 272 g/mol. The number of aryl methyl sites for hydroxylation is 1. The molecule has 2 rings (SSSR count). The van der Waals surface area contributed by atoms with Crippen LogP contribution in [-0.4, -0.2) is 27.0 Å². The smallest absolute Gasteiger partial charge is 0.251 e. The van der Waals surface area contributed by atoms with Crippen LogP contribution in [0.3, 0.4) is 0 Å². The number of aromatic nitrogens is 3. The first-order chi connectivity index (χ1) is 9.72. The molecule has 106 valence electrons. The zero-order chi connectivity index (χ0) is 14.4. The fourth-order valence-corrected chi connectivity index (χ4v) is 2.13. The van der Waals surface area contributed by atoms with Crippen LogP contribution in [0.5, 0.6) is 0 Å². The maximum Gasteiger partial charge on any atom is 0.251 e. The summed E-state index contributed by atoms with van der Waals surface area (Å²) in [5, 5.41) is 2.91. The van der Waals surface area contributed by atoms with Crippen molar-refractivity contribution in [3.8, 4) is 0 Å². The molecule has 0 radical (unpaired) electrons. The van der Waals surface area contributed by atoms with Crippen LogP contribution in [-0.2, 0) is 13.0 Å². The van der Waals surface area contributed by atoms with Gasteiger partial charge >= 0.3 is 0 Å². The van der Waals surface area contributed by atoms with E-state index in [0.29, 0.717) is 12.1 Å². The van der Waals surface area contributed by atoms with E-state index in [4.69, 9.17) is 0 Å². The van der Waals surface area contributed by atoms with Crippen molar-refractivity contribution in [1.29, 1.82) is 0 Å². The number of carbonyl (C=O) groups is 1. The van der Waals surface area contributed by atoms with Gasteiger partial charge in [-0.05, 0) is 25.5 Å². The molecule has 0 unspecified atom stereocenters. The second kappa shape index (κ2) is 6.84. The van der Waals surface area contributed by atoms with Crippen LogP contribution in [0.2, 0.25) is 0 Å². The molecule has 20 heavy (non-hydrogen) atoms. The monoisotopic (exact) mass is 272 g/mol. The van der Waals surface area contributed by atoms with E-state index in [9.17, 15) is 4.79 Å². The van der Waals surface area contributed by atoms with Crippen LogP contribution < -0.4 is 5.32 Å². The number of pyridine rings is 1. The van der Waals surface area contributed by atoms with Gasteiger partial charge in [0, 0.05) is 49.4 Å². The van der Waals surface area contributed by atoms with Gasteiger partial charge < -0.3 is 9.88 Å². The Morgan fingerprint density at radius 1 is 1.35 bits per heavy atom. The Kier molecular flexibility index (Phi) is 4.87. The Morgan fingerprint density at radius 3 is 2.80 bits per heavy atom. The predicted molar refractivity (Wildman–Crippen MR) is 77.5 cm³/mol. The molecular weight excluding hydrogens is 252 g/mol. The van der Waals surface area contributed by atoms with E-state index in [0.717, 1.165) is 25.2 Å². The largest absolute Gasteiger partial charge is 0.352 e. The first-order valence-electron chi connectivity index (χ1n) is 6.91. The zero-order valence-corrected chi connectivity index (χ0v) is 12.0. The van der Waals surface area contributed by atoms with Crippen molar-refractivity contribution >= 4 is 5.91 Å². The van der Waals surface area contributed by atoms with Gasteiger partial charge in [-0.15, -0.1) is 0 Å². The highest BCUT2D eigenvalue weighted by Gasteiger charge is 2.08. The van der Waals surface area contributed by atoms with Crippen LogP contribution in [0.15, 0.2) is 30.7 Å². The van der Waals surface area contributed by atoms with Gasteiger partial charge in [-0.3, -0.25) is 9.78 Å². The number of hydrogen-bond donors (Lipinski definition) is 1. The lowest BCUT2D eigenvalue weighted by molar-refractivity contribution is 0.0954. The Balaban J connectivity index is 1.89. The van der Waals surface area contributed by atoms with Crippen molar-refractivity contribution in [1.82, 2.24) is 19.9 Å². The number of nitrogens with one attached hydrogen (secondary N) is 1. The molecule has 2 heterocycles. The molecule has 0 aliphatic carbocycles. The summed E-state index contributed by atoms with van der Waals surface area (Å²) in [6.07, 6.45) is 6.94. The summed E-state index contributed by atoms with van der Waals surface area (Å²) in [5.74, 6) is 0.956. The number of amides is 1. The van der Waals surface area contributed by atoms with E-state index in [1.165, 1.54) is 5.69 Å². The highest BCUT2D eigenvalue weighted by atomic mass is 16.1.